The first-order chi connectivity index (χ1) is 8.84. The second-order valence-electron chi connectivity index (χ2n) is 5.76. The number of rotatable bonds is 3. The van der Waals surface area contributed by atoms with E-state index >= 15 is 0 Å². The number of sulfone groups is 1. The maximum absolute atomic E-state index is 11.4. The third kappa shape index (κ3) is 3.28. The molecule has 1 N–H and O–H groups in total. The highest BCUT2D eigenvalue weighted by molar-refractivity contribution is 7.90. The fourth-order valence-corrected chi connectivity index (χ4v) is 3.20. The van der Waals surface area contributed by atoms with Gasteiger partial charge in [0.05, 0.1) is 11.5 Å². The first-order valence-electron chi connectivity index (χ1n) is 6.50. The number of aliphatic hydroxyl groups excluding tert-OH is 1. The summed E-state index contributed by atoms with van der Waals surface area (Å²) in [5.74, 6) is 0. The van der Waals surface area contributed by atoms with E-state index in [1.165, 1.54) is 6.26 Å². The molecule has 1 aliphatic heterocycles. The van der Waals surface area contributed by atoms with Crippen molar-refractivity contribution in [3.05, 3.63) is 24.3 Å². The van der Waals surface area contributed by atoms with Crippen molar-refractivity contribution in [1.29, 1.82) is 0 Å². The van der Waals surface area contributed by atoms with Crippen LogP contribution >= 0.6 is 0 Å². The molecular weight excluding hydrogens is 262 g/mol. The van der Waals surface area contributed by atoms with Gasteiger partial charge < -0.3 is 10.0 Å². The van der Waals surface area contributed by atoms with Crippen LogP contribution < -0.4 is 4.90 Å². The molecule has 2 rings (SSSR count). The second-order valence-corrected chi connectivity index (χ2v) is 7.78. The lowest BCUT2D eigenvalue weighted by Crippen LogP contribution is -2.43. The van der Waals surface area contributed by atoms with Crippen LogP contribution in [0.2, 0.25) is 0 Å². The maximum atomic E-state index is 11.4. The number of piperidine rings is 1. The van der Waals surface area contributed by atoms with Crippen LogP contribution in [0, 0.1) is 5.41 Å². The topological polar surface area (TPSA) is 57.6 Å². The van der Waals surface area contributed by atoms with E-state index in [0.717, 1.165) is 31.6 Å². The van der Waals surface area contributed by atoms with Crippen molar-refractivity contribution in [2.75, 3.05) is 30.9 Å². The molecule has 0 aromatic heterocycles. The van der Waals surface area contributed by atoms with Gasteiger partial charge in [0.2, 0.25) is 0 Å². The Hall–Kier alpha value is -1.07. The molecule has 0 saturated carbocycles. The summed E-state index contributed by atoms with van der Waals surface area (Å²) in [6.45, 7) is 4.03. The number of hydrogen-bond acceptors (Lipinski definition) is 4. The van der Waals surface area contributed by atoms with Crippen LogP contribution in [0.15, 0.2) is 29.2 Å². The number of anilines is 1. The van der Waals surface area contributed by atoms with E-state index in [9.17, 15) is 13.5 Å². The van der Waals surface area contributed by atoms with Crippen molar-refractivity contribution in [3.8, 4) is 0 Å². The van der Waals surface area contributed by atoms with Crippen molar-refractivity contribution >= 4 is 15.5 Å². The number of hydrogen-bond donors (Lipinski definition) is 1. The van der Waals surface area contributed by atoms with Gasteiger partial charge in [0, 0.05) is 30.4 Å². The van der Waals surface area contributed by atoms with Gasteiger partial charge in [0.15, 0.2) is 9.84 Å². The molecule has 1 aliphatic rings. The average molecular weight is 283 g/mol. The molecule has 1 atom stereocenters. The Morgan fingerprint density at radius 2 is 1.95 bits per heavy atom. The Labute approximate surface area is 115 Å². The van der Waals surface area contributed by atoms with Gasteiger partial charge in [0.1, 0.15) is 0 Å². The molecule has 1 saturated heterocycles. The van der Waals surface area contributed by atoms with Crippen LogP contribution in [0.5, 0.6) is 0 Å². The Morgan fingerprint density at radius 1 is 1.32 bits per heavy atom. The molecule has 4 nitrogen and oxygen atoms in total. The summed E-state index contributed by atoms with van der Waals surface area (Å²) < 4.78 is 22.8. The van der Waals surface area contributed by atoms with Crippen molar-refractivity contribution in [2.24, 2.45) is 5.41 Å². The van der Waals surface area contributed by atoms with Crippen LogP contribution in [-0.2, 0) is 9.84 Å². The van der Waals surface area contributed by atoms with Gasteiger partial charge in [-0.25, -0.2) is 8.42 Å². The highest BCUT2D eigenvalue weighted by Gasteiger charge is 2.30. The monoisotopic (exact) mass is 283 g/mol. The zero-order valence-corrected chi connectivity index (χ0v) is 12.3. The molecule has 19 heavy (non-hydrogen) atoms. The minimum Gasteiger partial charge on any atom is -0.396 e. The van der Waals surface area contributed by atoms with Gasteiger partial charge in [-0.15, -0.1) is 0 Å². The van der Waals surface area contributed by atoms with E-state index in [0.29, 0.717) is 4.90 Å². The summed E-state index contributed by atoms with van der Waals surface area (Å²) in [5, 5.41) is 9.46. The Bertz CT molecular complexity index is 538. The SMILES string of the molecule is CC1(CO)CCCN(c2ccc(S(C)(=O)=O)cc2)C1. The third-order valence-corrected chi connectivity index (χ3v) is 4.92. The van der Waals surface area contributed by atoms with E-state index < -0.39 is 9.84 Å². The Kier molecular flexibility index (Phi) is 3.87. The summed E-state index contributed by atoms with van der Waals surface area (Å²) in [6.07, 6.45) is 3.29. The third-order valence-electron chi connectivity index (χ3n) is 3.79. The quantitative estimate of drug-likeness (QED) is 0.917. The molecular formula is C14H21NO3S. The summed E-state index contributed by atoms with van der Waals surface area (Å²) >= 11 is 0. The summed E-state index contributed by atoms with van der Waals surface area (Å²) in [7, 11) is -3.14. The van der Waals surface area contributed by atoms with Gasteiger partial charge in [-0.1, -0.05) is 6.92 Å². The van der Waals surface area contributed by atoms with Gasteiger partial charge in [-0.2, -0.15) is 0 Å². The zero-order valence-electron chi connectivity index (χ0n) is 11.5. The fourth-order valence-electron chi connectivity index (χ4n) is 2.57. The van der Waals surface area contributed by atoms with Gasteiger partial charge >= 0.3 is 0 Å². The molecule has 5 heteroatoms. The lowest BCUT2D eigenvalue weighted by Gasteiger charge is -2.40. The first-order valence-corrected chi connectivity index (χ1v) is 8.39. The van der Waals surface area contributed by atoms with Crippen molar-refractivity contribution in [1.82, 2.24) is 0 Å². The maximum Gasteiger partial charge on any atom is 0.175 e. The number of benzene rings is 1. The van der Waals surface area contributed by atoms with Gasteiger partial charge in [0.25, 0.3) is 0 Å². The van der Waals surface area contributed by atoms with E-state index in [1.54, 1.807) is 12.1 Å². The summed E-state index contributed by atoms with van der Waals surface area (Å²) in [5.41, 5.74) is 0.958. The fraction of sp³-hybridized carbons (Fsp3) is 0.571. The zero-order chi connectivity index (χ0) is 14.1. The predicted molar refractivity (Wildman–Crippen MR) is 76.2 cm³/mol. The minimum atomic E-state index is -3.14. The van der Waals surface area contributed by atoms with E-state index in [4.69, 9.17) is 0 Å². The summed E-state index contributed by atoms with van der Waals surface area (Å²) in [6, 6.07) is 6.99. The number of aliphatic hydroxyl groups is 1. The van der Waals surface area contributed by atoms with Gasteiger partial charge in [-0.05, 0) is 37.1 Å². The average Bonchev–Trinajstić information content (AvgIpc) is 2.38. The highest BCUT2D eigenvalue weighted by Crippen LogP contribution is 2.32. The van der Waals surface area contributed by atoms with Crippen LogP contribution in [0.3, 0.4) is 0 Å². The van der Waals surface area contributed by atoms with Crippen molar-refractivity contribution in [3.63, 3.8) is 0 Å². The molecule has 106 valence electrons. The normalized spacial score (nSPS) is 24.5. The minimum absolute atomic E-state index is 0.0618. The molecule has 1 aromatic carbocycles. The molecule has 0 amide bonds. The van der Waals surface area contributed by atoms with E-state index in [1.807, 2.05) is 12.1 Å². The molecule has 1 fully saturated rings. The summed E-state index contributed by atoms with van der Waals surface area (Å²) in [4.78, 5) is 2.56. The second kappa shape index (κ2) is 5.13. The predicted octanol–water partition coefficient (Wildman–Crippen LogP) is 1.69. The molecule has 0 bridgehead atoms. The largest absolute Gasteiger partial charge is 0.396 e. The van der Waals surface area contributed by atoms with Crippen LogP contribution in [0.1, 0.15) is 19.8 Å². The first kappa shape index (κ1) is 14.3. The molecule has 1 unspecified atom stereocenters. The van der Waals surface area contributed by atoms with E-state index in [-0.39, 0.29) is 12.0 Å². The molecule has 1 aromatic rings. The van der Waals surface area contributed by atoms with Crippen LogP contribution in [0.25, 0.3) is 0 Å². The Balaban J connectivity index is 2.19. The van der Waals surface area contributed by atoms with Crippen molar-refractivity contribution < 1.29 is 13.5 Å². The lowest BCUT2D eigenvalue weighted by atomic mass is 9.82. The van der Waals surface area contributed by atoms with Crippen molar-refractivity contribution in [2.45, 2.75) is 24.7 Å². The smallest absolute Gasteiger partial charge is 0.175 e. The molecule has 1 heterocycles. The van der Waals surface area contributed by atoms with Crippen LogP contribution in [-0.4, -0.2) is 39.5 Å². The molecule has 0 spiro atoms. The Morgan fingerprint density at radius 3 is 2.47 bits per heavy atom. The highest BCUT2D eigenvalue weighted by atomic mass is 32.2. The van der Waals surface area contributed by atoms with Crippen LogP contribution in [0.4, 0.5) is 5.69 Å². The van der Waals surface area contributed by atoms with E-state index in [2.05, 4.69) is 11.8 Å². The van der Waals surface area contributed by atoms with Gasteiger partial charge in [-0.3, -0.25) is 0 Å². The molecule has 0 aliphatic carbocycles. The standard InChI is InChI=1S/C14H21NO3S/c1-14(11-16)8-3-9-15(10-14)12-4-6-13(7-5-12)19(2,17)18/h4-7,16H,3,8-11H2,1-2H3. The molecule has 0 radical (unpaired) electrons. The lowest BCUT2D eigenvalue weighted by molar-refractivity contribution is 0.123. The number of nitrogens with zero attached hydrogens (tertiary/aromatic N) is 1.